The van der Waals surface area contributed by atoms with Crippen molar-refractivity contribution < 1.29 is 14.2 Å². The fraction of sp³-hybridized carbons (Fsp3) is 0.308. The summed E-state index contributed by atoms with van der Waals surface area (Å²) in [5.41, 5.74) is 2.43. The first kappa shape index (κ1) is 20.3. The van der Waals surface area contributed by atoms with E-state index < -0.39 is 0 Å². The molecule has 1 aliphatic heterocycles. The molecular weight excluding hydrogens is 374 g/mol. The van der Waals surface area contributed by atoms with Crippen molar-refractivity contribution in [3.8, 4) is 23.0 Å². The summed E-state index contributed by atoms with van der Waals surface area (Å²) in [6, 6.07) is 24.6. The van der Waals surface area contributed by atoms with Gasteiger partial charge in [-0.25, -0.2) is 0 Å². The number of hydrogen-bond donors (Lipinski definition) is 0. The van der Waals surface area contributed by atoms with Gasteiger partial charge >= 0.3 is 0 Å². The van der Waals surface area contributed by atoms with Crippen molar-refractivity contribution in [3.05, 3.63) is 83.9 Å². The number of para-hydroxylation sites is 1. The average molecular weight is 404 g/mol. The molecule has 4 rings (SSSR count). The highest BCUT2D eigenvalue weighted by Crippen LogP contribution is 2.42. The monoisotopic (exact) mass is 403 g/mol. The summed E-state index contributed by atoms with van der Waals surface area (Å²) in [7, 11) is 3.47. The first-order valence-corrected chi connectivity index (χ1v) is 10.6. The quantitative estimate of drug-likeness (QED) is 0.468. The fourth-order valence-corrected chi connectivity index (χ4v) is 4.24. The van der Waals surface area contributed by atoms with E-state index >= 15 is 0 Å². The summed E-state index contributed by atoms with van der Waals surface area (Å²) >= 11 is 0. The highest BCUT2D eigenvalue weighted by atomic mass is 16.5. The number of nitrogens with zero attached hydrogens (tertiary/aromatic N) is 1. The van der Waals surface area contributed by atoms with Crippen molar-refractivity contribution >= 4 is 0 Å². The second kappa shape index (κ2) is 9.68. The van der Waals surface area contributed by atoms with Crippen LogP contribution in [0.25, 0.3) is 0 Å². The van der Waals surface area contributed by atoms with Gasteiger partial charge in [-0.05, 0) is 61.3 Å². The molecule has 3 aromatic carbocycles. The molecule has 0 bridgehead atoms. The van der Waals surface area contributed by atoms with Crippen LogP contribution in [0.1, 0.15) is 36.4 Å². The van der Waals surface area contributed by atoms with E-state index in [1.165, 1.54) is 18.4 Å². The molecule has 4 nitrogen and oxygen atoms in total. The van der Waals surface area contributed by atoms with Gasteiger partial charge in [0.1, 0.15) is 23.0 Å². The first-order valence-electron chi connectivity index (χ1n) is 10.6. The van der Waals surface area contributed by atoms with Gasteiger partial charge in [-0.15, -0.1) is 0 Å². The predicted octanol–water partition coefficient (Wildman–Crippen LogP) is 6.22. The maximum absolute atomic E-state index is 5.93. The summed E-state index contributed by atoms with van der Waals surface area (Å²) < 4.78 is 17.3. The van der Waals surface area contributed by atoms with Crippen LogP contribution >= 0.6 is 0 Å². The standard InChI is InChI=1S/C26H29NO3/c1-28-24-12-8-13-25(29-2)26(24)23-11-6-7-18-27(23)19-20-14-16-22(17-15-20)30-21-9-4-3-5-10-21/h3-5,8-10,12-17,23H,6-7,11,18-19H2,1-2H3. The first-order chi connectivity index (χ1) is 14.8. The van der Waals surface area contributed by atoms with Crippen molar-refractivity contribution in [1.82, 2.24) is 4.90 Å². The molecule has 156 valence electrons. The lowest BCUT2D eigenvalue weighted by Gasteiger charge is -2.37. The molecule has 0 aromatic heterocycles. The SMILES string of the molecule is COc1cccc(OC)c1C1CCCCN1Cc1ccc(Oc2ccccc2)cc1. The number of rotatable bonds is 7. The molecule has 1 atom stereocenters. The van der Waals surface area contributed by atoms with Crippen molar-refractivity contribution in [2.45, 2.75) is 31.8 Å². The van der Waals surface area contributed by atoms with Crippen LogP contribution in [0.2, 0.25) is 0 Å². The Balaban J connectivity index is 1.52. The molecule has 0 spiro atoms. The molecule has 1 unspecified atom stereocenters. The zero-order chi connectivity index (χ0) is 20.8. The highest BCUT2D eigenvalue weighted by Gasteiger charge is 2.29. The summed E-state index contributed by atoms with van der Waals surface area (Å²) in [5, 5.41) is 0. The van der Waals surface area contributed by atoms with E-state index in [9.17, 15) is 0 Å². The number of benzene rings is 3. The highest BCUT2D eigenvalue weighted by molar-refractivity contribution is 5.47. The Hall–Kier alpha value is -2.98. The second-order valence-electron chi connectivity index (χ2n) is 7.62. The zero-order valence-electron chi connectivity index (χ0n) is 17.7. The second-order valence-corrected chi connectivity index (χ2v) is 7.62. The third kappa shape index (κ3) is 4.60. The molecular formula is C26H29NO3. The lowest BCUT2D eigenvalue weighted by Crippen LogP contribution is -2.33. The van der Waals surface area contributed by atoms with Crippen LogP contribution in [-0.2, 0) is 6.54 Å². The summed E-state index contributed by atoms with van der Waals surface area (Å²) in [6.07, 6.45) is 3.53. The molecule has 1 fully saturated rings. The number of methoxy groups -OCH3 is 2. The van der Waals surface area contributed by atoms with Gasteiger partial charge in [0.05, 0.1) is 19.8 Å². The van der Waals surface area contributed by atoms with Gasteiger partial charge < -0.3 is 14.2 Å². The number of ether oxygens (including phenoxy) is 3. The van der Waals surface area contributed by atoms with Crippen LogP contribution in [0.15, 0.2) is 72.8 Å². The van der Waals surface area contributed by atoms with Gasteiger partial charge in [-0.3, -0.25) is 4.90 Å². The molecule has 0 N–H and O–H groups in total. The van der Waals surface area contributed by atoms with E-state index in [2.05, 4.69) is 17.0 Å². The molecule has 1 saturated heterocycles. The van der Waals surface area contributed by atoms with Crippen LogP contribution in [0.3, 0.4) is 0 Å². The molecule has 30 heavy (non-hydrogen) atoms. The largest absolute Gasteiger partial charge is 0.496 e. The topological polar surface area (TPSA) is 30.9 Å². The molecule has 4 heteroatoms. The van der Waals surface area contributed by atoms with Gasteiger partial charge in [0.2, 0.25) is 0 Å². The van der Waals surface area contributed by atoms with Crippen molar-refractivity contribution in [3.63, 3.8) is 0 Å². The van der Waals surface area contributed by atoms with Crippen LogP contribution in [0.5, 0.6) is 23.0 Å². The summed E-state index contributed by atoms with van der Waals surface area (Å²) in [6.45, 7) is 1.95. The van der Waals surface area contributed by atoms with Crippen LogP contribution < -0.4 is 14.2 Å². The Morgan fingerprint density at radius 1 is 0.767 bits per heavy atom. The zero-order valence-corrected chi connectivity index (χ0v) is 17.7. The van der Waals surface area contributed by atoms with Crippen LogP contribution in [0.4, 0.5) is 0 Å². The number of hydrogen-bond acceptors (Lipinski definition) is 4. The predicted molar refractivity (Wildman–Crippen MR) is 120 cm³/mol. The molecule has 0 amide bonds. The van der Waals surface area contributed by atoms with Gasteiger partial charge in [-0.1, -0.05) is 42.8 Å². The van der Waals surface area contributed by atoms with E-state index in [4.69, 9.17) is 14.2 Å². The Morgan fingerprint density at radius 2 is 1.43 bits per heavy atom. The van der Waals surface area contributed by atoms with Gasteiger partial charge in [0.15, 0.2) is 0 Å². The van der Waals surface area contributed by atoms with Crippen molar-refractivity contribution in [1.29, 1.82) is 0 Å². The summed E-state index contributed by atoms with van der Waals surface area (Å²) in [4.78, 5) is 2.54. The molecule has 0 radical (unpaired) electrons. The van der Waals surface area contributed by atoms with E-state index in [0.717, 1.165) is 48.1 Å². The minimum atomic E-state index is 0.282. The lowest BCUT2D eigenvalue weighted by atomic mass is 9.93. The molecule has 3 aromatic rings. The Labute approximate surface area is 179 Å². The Bertz CT molecular complexity index is 918. The van der Waals surface area contributed by atoms with E-state index in [1.807, 2.05) is 60.7 Å². The van der Waals surface area contributed by atoms with Crippen molar-refractivity contribution in [2.75, 3.05) is 20.8 Å². The number of piperidine rings is 1. The molecule has 0 aliphatic carbocycles. The smallest absolute Gasteiger partial charge is 0.127 e. The van der Waals surface area contributed by atoms with Crippen molar-refractivity contribution in [2.24, 2.45) is 0 Å². The molecule has 0 saturated carbocycles. The van der Waals surface area contributed by atoms with Gasteiger partial charge in [0.25, 0.3) is 0 Å². The van der Waals surface area contributed by atoms with Gasteiger partial charge in [-0.2, -0.15) is 0 Å². The Kier molecular flexibility index (Phi) is 6.55. The minimum absolute atomic E-state index is 0.282. The number of likely N-dealkylation sites (tertiary alicyclic amines) is 1. The third-order valence-corrected chi connectivity index (χ3v) is 5.70. The maximum Gasteiger partial charge on any atom is 0.127 e. The lowest BCUT2D eigenvalue weighted by molar-refractivity contribution is 0.135. The maximum atomic E-state index is 5.93. The average Bonchev–Trinajstić information content (AvgIpc) is 2.81. The summed E-state index contributed by atoms with van der Waals surface area (Å²) in [5.74, 6) is 3.51. The normalized spacial score (nSPS) is 16.8. The van der Waals surface area contributed by atoms with E-state index in [0.29, 0.717) is 0 Å². The van der Waals surface area contributed by atoms with E-state index in [1.54, 1.807) is 14.2 Å². The molecule has 1 aliphatic rings. The van der Waals surface area contributed by atoms with Crippen LogP contribution in [-0.4, -0.2) is 25.7 Å². The van der Waals surface area contributed by atoms with Gasteiger partial charge in [0, 0.05) is 12.6 Å². The van der Waals surface area contributed by atoms with E-state index in [-0.39, 0.29) is 6.04 Å². The Morgan fingerprint density at radius 3 is 2.10 bits per heavy atom. The minimum Gasteiger partial charge on any atom is -0.496 e. The molecule has 1 heterocycles. The third-order valence-electron chi connectivity index (χ3n) is 5.70. The van der Waals surface area contributed by atoms with Crippen LogP contribution in [0, 0.1) is 0 Å². The fourth-order valence-electron chi connectivity index (χ4n) is 4.24.